The van der Waals surface area contributed by atoms with E-state index in [1.807, 2.05) is 24.3 Å². The third-order valence-corrected chi connectivity index (χ3v) is 5.98. The van der Waals surface area contributed by atoms with Crippen molar-refractivity contribution in [3.8, 4) is 0 Å². The normalized spacial score (nSPS) is 10.9. The minimum atomic E-state index is -0.155. The fraction of sp³-hybridized carbons (Fsp3) is 0.321. The lowest BCUT2D eigenvalue weighted by molar-refractivity contribution is 0.256. The maximum Gasteiger partial charge on any atom is 0.326 e. The summed E-state index contributed by atoms with van der Waals surface area (Å²) in [6.45, 7) is 11.1. The molecular formula is C28H35N3O. The molecule has 32 heavy (non-hydrogen) atoms. The smallest absolute Gasteiger partial charge is 0.326 e. The van der Waals surface area contributed by atoms with Gasteiger partial charge in [0.2, 0.25) is 0 Å². The first-order valence-electron chi connectivity index (χ1n) is 11.5. The van der Waals surface area contributed by atoms with Crippen molar-refractivity contribution in [2.45, 2.75) is 59.9 Å². The Morgan fingerprint density at radius 3 is 2.16 bits per heavy atom. The number of nitrogens with two attached hydrogens (primary N) is 1. The van der Waals surface area contributed by atoms with Crippen molar-refractivity contribution in [3.05, 3.63) is 88.5 Å². The molecule has 3 aromatic carbocycles. The number of hydrogen-bond donors (Lipinski definition) is 2. The van der Waals surface area contributed by atoms with Gasteiger partial charge in [0.15, 0.2) is 0 Å². The minimum absolute atomic E-state index is 0.155. The summed E-state index contributed by atoms with van der Waals surface area (Å²) in [4.78, 5) is 15.4. The predicted molar refractivity (Wildman–Crippen MR) is 137 cm³/mol. The lowest BCUT2D eigenvalue weighted by atomic mass is 10.0. The summed E-state index contributed by atoms with van der Waals surface area (Å²) in [6.07, 6.45) is 1.58. The van der Waals surface area contributed by atoms with Crippen LogP contribution >= 0.6 is 0 Å². The molecule has 4 heteroatoms. The third-order valence-electron chi connectivity index (χ3n) is 5.98. The molecule has 4 nitrogen and oxygen atoms in total. The predicted octanol–water partition coefficient (Wildman–Crippen LogP) is 7.06. The molecule has 0 spiro atoms. The van der Waals surface area contributed by atoms with Crippen molar-refractivity contribution in [2.75, 3.05) is 16.0 Å². The number of hydrogen-bond acceptors (Lipinski definition) is 2. The molecule has 0 aliphatic rings. The molecule has 2 amide bonds. The maximum absolute atomic E-state index is 13.6. The summed E-state index contributed by atoms with van der Waals surface area (Å²) in [6, 6.07) is 20.4. The van der Waals surface area contributed by atoms with Gasteiger partial charge in [0, 0.05) is 11.4 Å². The van der Waals surface area contributed by atoms with Crippen molar-refractivity contribution < 1.29 is 4.79 Å². The second-order valence-electron chi connectivity index (χ2n) is 8.62. The number of nitrogens with zero attached hydrogens (tertiary/aromatic N) is 1. The fourth-order valence-electron chi connectivity index (χ4n) is 3.91. The Kier molecular flexibility index (Phi) is 7.57. The van der Waals surface area contributed by atoms with E-state index in [0.29, 0.717) is 18.2 Å². The molecule has 0 bridgehead atoms. The van der Waals surface area contributed by atoms with Crippen molar-refractivity contribution in [1.82, 2.24) is 0 Å². The van der Waals surface area contributed by atoms with Gasteiger partial charge in [-0.05, 0) is 66.1 Å². The van der Waals surface area contributed by atoms with Crippen molar-refractivity contribution >= 4 is 23.1 Å². The standard InChI is InChI=1S/C28H35N3O/c1-6-22-14-17-26(29)25(7-2)27(22)30-28(32)31(18-21-10-8-20(5)9-11-21)24-15-12-23(13-16-24)19(3)4/h8-17,19H,6-7,18,29H2,1-5H3,(H,30,32). The Bertz CT molecular complexity index is 1050. The molecule has 0 aliphatic carbocycles. The molecule has 0 fully saturated rings. The van der Waals surface area contributed by atoms with E-state index in [-0.39, 0.29) is 6.03 Å². The molecule has 0 aromatic heterocycles. The summed E-state index contributed by atoms with van der Waals surface area (Å²) in [5, 5.41) is 3.20. The van der Waals surface area contributed by atoms with E-state index in [9.17, 15) is 4.79 Å². The Labute approximate surface area is 192 Å². The number of aryl methyl sites for hydroxylation is 2. The van der Waals surface area contributed by atoms with Crippen LogP contribution in [0.15, 0.2) is 60.7 Å². The van der Waals surface area contributed by atoms with Gasteiger partial charge in [0.05, 0.1) is 12.2 Å². The first kappa shape index (κ1) is 23.4. The molecule has 0 heterocycles. The molecule has 0 aliphatic heterocycles. The summed E-state index contributed by atoms with van der Waals surface area (Å²) >= 11 is 0. The molecule has 168 valence electrons. The van der Waals surface area contributed by atoms with Crippen LogP contribution in [-0.2, 0) is 19.4 Å². The van der Waals surface area contributed by atoms with Crippen LogP contribution in [0.4, 0.5) is 21.9 Å². The lowest BCUT2D eigenvalue weighted by Gasteiger charge is -2.26. The summed E-state index contributed by atoms with van der Waals surface area (Å²) in [5.41, 5.74) is 14.3. The number of urea groups is 1. The molecule has 3 N–H and O–H groups in total. The van der Waals surface area contributed by atoms with E-state index in [2.05, 4.69) is 76.3 Å². The van der Waals surface area contributed by atoms with Gasteiger partial charge in [-0.25, -0.2) is 4.79 Å². The Morgan fingerprint density at radius 1 is 0.938 bits per heavy atom. The van der Waals surface area contributed by atoms with Crippen LogP contribution in [0, 0.1) is 6.92 Å². The highest BCUT2D eigenvalue weighted by Crippen LogP contribution is 2.29. The van der Waals surface area contributed by atoms with E-state index < -0.39 is 0 Å². The van der Waals surface area contributed by atoms with E-state index in [1.165, 1.54) is 11.1 Å². The quantitative estimate of drug-likeness (QED) is 0.395. The molecule has 3 aromatic rings. The average molecular weight is 430 g/mol. The highest BCUT2D eigenvalue weighted by molar-refractivity contribution is 6.03. The Morgan fingerprint density at radius 2 is 1.59 bits per heavy atom. The monoisotopic (exact) mass is 429 g/mol. The highest BCUT2D eigenvalue weighted by atomic mass is 16.2. The topological polar surface area (TPSA) is 58.4 Å². The second-order valence-corrected chi connectivity index (χ2v) is 8.62. The molecule has 0 radical (unpaired) electrons. The number of nitrogen functional groups attached to an aromatic ring is 1. The first-order valence-corrected chi connectivity index (χ1v) is 11.5. The second kappa shape index (κ2) is 10.4. The zero-order valence-electron chi connectivity index (χ0n) is 19.9. The van der Waals surface area contributed by atoms with Gasteiger partial charge in [0.1, 0.15) is 0 Å². The highest BCUT2D eigenvalue weighted by Gasteiger charge is 2.20. The van der Waals surface area contributed by atoms with Crippen molar-refractivity contribution in [1.29, 1.82) is 0 Å². The zero-order chi connectivity index (χ0) is 23.3. The zero-order valence-corrected chi connectivity index (χ0v) is 19.9. The molecule has 0 saturated carbocycles. The number of nitrogens with one attached hydrogen (secondary N) is 1. The van der Waals surface area contributed by atoms with E-state index in [1.54, 1.807) is 4.90 Å². The van der Waals surface area contributed by atoms with Gasteiger partial charge >= 0.3 is 6.03 Å². The molecular weight excluding hydrogens is 394 g/mol. The molecule has 0 saturated heterocycles. The van der Waals surface area contributed by atoms with Crippen molar-refractivity contribution in [3.63, 3.8) is 0 Å². The first-order chi connectivity index (χ1) is 15.3. The number of amides is 2. The number of carbonyl (C=O) groups excluding carboxylic acids is 1. The van der Waals surface area contributed by atoms with Gasteiger partial charge in [0.25, 0.3) is 0 Å². The summed E-state index contributed by atoms with van der Waals surface area (Å²) < 4.78 is 0. The molecule has 3 rings (SSSR count). The average Bonchev–Trinajstić information content (AvgIpc) is 2.79. The van der Waals surface area contributed by atoms with Crippen LogP contribution < -0.4 is 16.0 Å². The lowest BCUT2D eigenvalue weighted by Crippen LogP contribution is -2.35. The Hall–Kier alpha value is -3.27. The van der Waals surface area contributed by atoms with Crippen LogP contribution in [0.1, 0.15) is 61.4 Å². The van der Waals surface area contributed by atoms with Gasteiger partial charge in [-0.2, -0.15) is 0 Å². The molecule has 0 unspecified atom stereocenters. The van der Waals surface area contributed by atoms with Gasteiger partial charge in [-0.1, -0.05) is 75.7 Å². The number of rotatable bonds is 7. The van der Waals surface area contributed by atoms with E-state index >= 15 is 0 Å². The largest absolute Gasteiger partial charge is 0.398 e. The number of benzene rings is 3. The Balaban J connectivity index is 1.98. The van der Waals surface area contributed by atoms with Crippen LogP contribution in [-0.4, -0.2) is 6.03 Å². The SMILES string of the molecule is CCc1ccc(N)c(CC)c1NC(=O)N(Cc1ccc(C)cc1)c1ccc(C(C)C)cc1. The number of carbonyl (C=O) groups is 1. The molecule has 0 atom stereocenters. The maximum atomic E-state index is 13.6. The van der Waals surface area contributed by atoms with Crippen LogP contribution in [0.5, 0.6) is 0 Å². The fourth-order valence-corrected chi connectivity index (χ4v) is 3.91. The van der Waals surface area contributed by atoms with Crippen LogP contribution in [0.25, 0.3) is 0 Å². The summed E-state index contributed by atoms with van der Waals surface area (Å²) in [5.74, 6) is 0.440. The van der Waals surface area contributed by atoms with Gasteiger partial charge in [-0.3, -0.25) is 4.90 Å². The van der Waals surface area contributed by atoms with Crippen molar-refractivity contribution in [2.24, 2.45) is 0 Å². The van der Waals surface area contributed by atoms with Gasteiger partial charge in [-0.15, -0.1) is 0 Å². The third kappa shape index (κ3) is 5.31. The van der Waals surface area contributed by atoms with Gasteiger partial charge < -0.3 is 11.1 Å². The number of anilines is 3. The van der Waals surface area contributed by atoms with Crippen LogP contribution in [0.2, 0.25) is 0 Å². The summed E-state index contributed by atoms with van der Waals surface area (Å²) in [7, 11) is 0. The minimum Gasteiger partial charge on any atom is -0.398 e. The van der Waals surface area contributed by atoms with Crippen LogP contribution in [0.3, 0.4) is 0 Å². The van der Waals surface area contributed by atoms with E-state index in [0.717, 1.165) is 40.9 Å². The van der Waals surface area contributed by atoms with E-state index in [4.69, 9.17) is 5.73 Å².